The number of carbonyl (C=O) groups is 1. The minimum Gasteiger partial charge on any atom is -0.478 e. The SMILES string of the molecule is CNc1ccc(/C=C\c2ncc(C(=O)O)c(C(C)C)n2)cc1[N+](=O)[O-]. The molecule has 0 aliphatic carbocycles. The zero-order chi connectivity index (χ0) is 18.6. The molecule has 8 heteroatoms. The minimum atomic E-state index is -1.07. The van der Waals surface area contributed by atoms with Crippen LogP contribution in [0.15, 0.2) is 24.4 Å². The molecule has 0 aliphatic heterocycles. The Morgan fingerprint density at radius 2 is 2.08 bits per heavy atom. The summed E-state index contributed by atoms with van der Waals surface area (Å²) in [7, 11) is 1.61. The van der Waals surface area contributed by atoms with E-state index in [-0.39, 0.29) is 17.2 Å². The van der Waals surface area contributed by atoms with E-state index in [0.717, 1.165) is 0 Å². The van der Waals surface area contributed by atoms with Gasteiger partial charge in [-0.2, -0.15) is 0 Å². The molecule has 1 heterocycles. The largest absolute Gasteiger partial charge is 0.478 e. The summed E-state index contributed by atoms with van der Waals surface area (Å²) in [5.41, 5.74) is 1.52. The van der Waals surface area contributed by atoms with Crippen LogP contribution in [0.2, 0.25) is 0 Å². The van der Waals surface area contributed by atoms with Crippen LogP contribution in [0.3, 0.4) is 0 Å². The normalized spacial score (nSPS) is 11.0. The molecule has 2 rings (SSSR count). The van der Waals surface area contributed by atoms with Crippen molar-refractivity contribution in [2.45, 2.75) is 19.8 Å². The average molecular weight is 342 g/mol. The number of hydrogen-bond donors (Lipinski definition) is 2. The summed E-state index contributed by atoms with van der Waals surface area (Å²) in [6.07, 6.45) is 4.51. The van der Waals surface area contributed by atoms with Crippen molar-refractivity contribution >= 4 is 29.5 Å². The van der Waals surface area contributed by atoms with Crippen molar-refractivity contribution in [3.05, 3.63) is 57.2 Å². The molecule has 0 unspecified atom stereocenters. The van der Waals surface area contributed by atoms with Crippen molar-refractivity contribution < 1.29 is 14.8 Å². The molecule has 1 aromatic heterocycles. The van der Waals surface area contributed by atoms with Crippen LogP contribution in [0, 0.1) is 10.1 Å². The number of carboxylic acids is 1. The van der Waals surface area contributed by atoms with Crippen molar-refractivity contribution in [3.63, 3.8) is 0 Å². The summed E-state index contributed by atoms with van der Waals surface area (Å²) in [5, 5.41) is 23.0. The molecule has 0 bridgehead atoms. The molecule has 0 atom stereocenters. The molecule has 0 spiro atoms. The van der Waals surface area contributed by atoms with E-state index in [2.05, 4.69) is 15.3 Å². The first-order valence-corrected chi connectivity index (χ1v) is 7.58. The number of aromatic nitrogens is 2. The smallest absolute Gasteiger partial charge is 0.339 e. The van der Waals surface area contributed by atoms with Crippen molar-refractivity contribution in [2.75, 3.05) is 12.4 Å². The van der Waals surface area contributed by atoms with Gasteiger partial charge in [-0.1, -0.05) is 26.0 Å². The molecule has 8 nitrogen and oxygen atoms in total. The van der Waals surface area contributed by atoms with Crippen molar-refractivity contribution in [1.82, 2.24) is 9.97 Å². The number of nitrogens with zero attached hydrogens (tertiary/aromatic N) is 3. The Hall–Kier alpha value is -3.29. The molecule has 1 aromatic carbocycles. The van der Waals surface area contributed by atoms with E-state index >= 15 is 0 Å². The van der Waals surface area contributed by atoms with Gasteiger partial charge >= 0.3 is 5.97 Å². The highest BCUT2D eigenvalue weighted by molar-refractivity contribution is 5.88. The predicted molar refractivity (Wildman–Crippen MR) is 94.7 cm³/mol. The standard InChI is InChI=1S/C17H18N4O4/c1-10(2)16-12(17(22)23)9-19-15(20-16)7-5-11-4-6-13(18-3)14(8-11)21(24)25/h4-10,18H,1-3H3,(H,22,23)/b7-5-. The summed E-state index contributed by atoms with van der Waals surface area (Å²) in [6, 6.07) is 4.79. The number of nitro benzene ring substituents is 1. The molecule has 0 radical (unpaired) electrons. The number of rotatable bonds is 6. The van der Waals surface area contributed by atoms with Gasteiger partial charge in [0, 0.05) is 19.3 Å². The van der Waals surface area contributed by atoms with Gasteiger partial charge in [0.05, 0.1) is 16.2 Å². The highest BCUT2D eigenvalue weighted by Crippen LogP contribution is 2.26. The molecule has 130 valence electrons. The number of nitrogens with one attached hydrogen (secondary N) is 1. The molecule has 0 amide bonds. The Kier molecular flexibility index (Phi) is 5.43. The van der Waals surface area contributed by atoms with Gasteiger partial charge in [-0.05, 0) is 23.6 Å². The van der Waals surface area contributed by atoms with Gasteiger partial charge in [0.15, 0.2) is 5.82 Å². The number of nitro groups is 1. The first-order chi connectivity index (χ1) is 11.8. The van der Waals surface area contributed by atoms with E-state index in [9.17, 15) is 20.0 Å². The first kappa shape index (κ1) is 18.1. The molecule has 25 heavy (non-hydrogen) atoms. The lowest BCUT2D eigenvalue weighted by atomic mass is 10.1. The third kappa shape index (κ3) is 4.17. The molecule has 2 aromatic rings. The van der Waals surface area contributed by atoms with Gasteiger partial charge in [-0.15, -0.1) is 0 Å². The molecule has 0 aliphatic rings. The van der Waals surface area contributed by atoms with Crippen molar-refractivity contribution in [3.8, 4) is 0 Å². The second kappa shape index (κ2) is 7.52. The molecule has 2 N–H and O–H groups in total. The van der Waals surface area contributed by atoms with Crippen molar-refractivity contribution in [2.24, 2.45) is 0 Å². The Balaban J connectivity index is 2.36. The fraction of sp³-hybridized carbons (Fsp3) is 0.235. The molecule has 0 fully saturated rings. The Morgan fingerprint density at radius 1 is 1.36 bits per heavy atom. The number of benzene rings is 1. The molecular weight excluding hydrogens is 324 g/mol. The summed E-state index contributed by atoms with van der Waals surface area (Å²) < 4.78 is 0. The van der Waals surface area contributed by atoms with Crippen LogP contribution in [-0.4, -0.2) is 33.0 Å². The van der Waals surface area contributed by atoms with Gasteiger partial charge < -0.3 is 10.4 Å². The zero-order valence-electron chi connectivity index (χ0n) is 14.1. The summed E-state index contributed by atoms with van der Waals surface area (Å²) in [5.74, 6) is -0.802. The Morgan fingerprint density at radius 3 is 2.64 bits per heavy atom. The van der Waals surface area contributed by atoms with Gasteiger partial charge in [-0.3, -0.25) is 10.1 Å². The first-order valence-electron chi connectivity index (χ1n) is 7.58. The summed E-state index contributed by atoms with van der Waals surface area (Å²) in [6.45, 7) is 3.70. The van der Waals surface area contributed by atoms with Gasteiger partial charge in [-0.25, -0.2) is 14.8 Å². The van der Waals surface area contributed by atoms with E-state index in [4.69, 9.17) is 0 Å². The summed E-state index contributed by atoms with van der Waals surface area (Å²) >= 11 is 0. The highest BCUT2D eigenvalue weighted by atomic mass is 16.6. The second-order valence-electron chi connectivity index (χ2n) is 5.60. The van der Waals surface area contributed by atoms with E-state index in [0.29, 0.717) is 22.8 Å². The molecular formula is C17H18N4O4. The predicted octanol–water partition coefficient (Wildman–Crippen LogP) is 3.42. The van der Waals surface area contributed by atoms with Gasteiger partial charge in [0.1, 0.15) is 5.69 Å². The topological polar surface area (TPSA) is 118 Å². The Labute approximate surface area is 144 Å². The van der Waals surface area contributed by atoms with E-state index in [1.165, 1.54) is 12.3 Å². The van der Waals surface area contributed by atoms with Crippen molar-refractivity contribution in [1.29, 1.82) is 0 Å². The third-order valence-corrected chi connectivity index (χ3v) is 3.53. The van der Waals surface area contributed by atoms with E-state index in [1.807, 2.05) is 13.8 Å². The lowest BCUT2D eigenvalue weighted by Gasteiger charge is -2.08. The second-order valence-corrected chi connectivity index (χ2v) is 5.60. The molecule has 0 saturated carbocycles. The Bertz CT molecular complexity index is 847. The number of anilines is 1. The maximum atomic E-state index is 11.2. The number of hydrogen-bond acceptors (Lipinski definition) is 6. The lowest BCUT2D eigenvalue weighted by Crippen LogP contribution is -2.08. The average Bonchev–Trinajstić information content (AvgIpc) is 2.59. The molecule has 0 saturated heterocycles. The number of carboxylic acid groups (broad SMARTS) is 1. The third-order valence-electron chi connectivity index (χ3n) is 3.53. The maximum absolute atomic E-state index is 11.2. The van der Waals surface area contributed by atoms with E-state index in [1.54, 1.807) is 31.3 Å². The summed E-state index contributed by atoms with van der Waals surface area (Å²) in [4.78, 5) is 30.1. The fourth-order valence-electron chi connectivity index (χ4n) is 2.28. The van der Waals surface area contributed by atoms with Crippen LogP contribution in [0.1, 0.15) is 47.2 Å². The zero-order valence-corrected chi connectivity index (χ0v) is 14.1. The van der Waals surface area contributed by atoms with Crippen LogP contribution >= 0.6 is 0 Å². The monoisotopic (exact) mass is 342 g/mol. The highest BCUT2D eigenvalue weighted by Gasteiger charge is 2.16. The van der Waals surface area contributed by atoms with Crippen LogP contribution < -0.4 is 5.32 Å². The van der Waals surface area contributed by atoms with Crippen LogP contribution in [0.25, 0.3) is 12.2 Å². The van der Waals surface area contributed by atoms with Gasteiger partial charge in [0.25, 0.3) is 5.69 Å². The van der Waals surface area contributed by atoms with E-state index < -0.39 is 10.9 Å². The van der Waals surface area contributed by atoms with Gasteiger partial charge in [0.2, 0.25) is 0 Å². The number of aromatic carboxylic acids is 1. The fourth-order valence-corrected chi connectivity index (χ4v) is 2.28. The van der Waals surface area contributed by atoms with Crippen LogP contribution in [-0.2, 0) is 0 Å². The quantitative estimate of drug-likeness (QED) is 0.610. The van der Waals surface area contributed by atoms with Crippen LogP contribution in [0.5, 0.6) is 0 Å². The maximum Gasteiger partial charge on any atom is 0.339 e. The minimum absolute atomic E-state index is 0.0327. The lowest BCUT2D eigenvalue weighted by molar-refractivity contribution is -0.383. The van der Waals surface area contributed by atoms with Crippen LogP contribution in [0.4, 0.5) is 11.4 Å².